The highest BCUT2D eigenvalue weighted by Crippen LogP contribution is 2.16. The van der Waals surface area contributed by atoms with E-state index < -0.39 is 0 Å². The minimum Gasteiger partial charge on any atom is -0.477 e. The van der Waals surface area contributed by atoms with Crippen molar-refractivity contribution in [2.24, 2.45) is 5.73 Å². The molecule has 16 heavy (non-hydrogen) atoms. The molecule has 5 heteroatoms. The summed E-state index contributed by atoms with van der Waals surface area (Å²) in [5.74, 6) is 1.25. The van der Waals surface area contributed by atoms with E-state index in [4.69, 9.17) is 10.5 Å². The number of nitrogens with one attached hydrogen (secondary N) is 1. The summed E-state index contributed by atoms with van der Waals surface area (Å²) < 4.78 is 5.28. The number of hydrogen-bond acceptors (Lipinski definition) is 5. The van der Waals surface area contributed by atoms with Crippen molar-refractivity contribution in [1.82, 2.24) is 9.97 Å². The van der Waals surface area contributed by atoms with Gasteiger partial charge in [-0.2, -0.15) is 4.98 Å². The molecule has 0 amide bonds. The lowest BCUT2D eigenvalue weighted by Crippen LogP contribution is -2.33. The first-order valence-corrected chi connectivity index (χ1v) is 5.50. The molecule has 0 aliphatic carbocycles. The highest BCUT2D eigenvalue weighted by Gasteiger charge is 2.17. The summed E-state index contributed by atoms with van der Waals surface area (Å²) in [5, 5.41) is 3.28. The highest BCUT2D eigenvalue weighted by molar-refractivity contribution is 5.36. The van der Waals surface area contributed by atoms with Crippen LogP contribution in [0.3, 0.4) is 0 Å². The minimum absolute atomic E-state index is 0.0890. The van der Waals surface area contributed by atoms with Crippen molar-refractivity contribution in [3.63, 3.8) is 0 Å². The summed E-state index contributed by atoms with van der Waals surface area (Å²) in [6.45, 7) is 7.30. The van der Waals surface area contributed by atoms with E-state index in [1.165, 1.54) is 0 Å². The molecule has 3 N–H and O–H groups in total. The highest BCUT2D eigenvalue weighted by atomic mass is 16.5. The number of aromatic nitrogens is 2. The maximum atomic E-state index is 5.55. The van der Waals surface area contributed by atoms with Gasteiger partial charge < -0.3 is 15.8 Å². The summed E-state index contributed by atoms with van der Waals surface area (Å²) in [6.07, 6.45) is 4.15. The van der Waals surface area contributed by atoms with E-state index >= 15 is 0 Å². The predicted molar refractivity (Wildman–Crippen MR) is 64.6 cm³/mol. The predicted octanol–water partition coefficient (Wildman–Crippen LogP) is 1.41. The van der Waals surface area contributed by atoms with Gasteiger partial charge in [-0.3, -0.25) is 4.98 Å². The smallest absolute Gasteiger partial charge is 0.234 e. The second-order valence-corrected chi connectivity index (χ2v) is 4.22. The number of hydrogen-bond donors (Lipinski definition) is 2. The van der Waals surface area contributed by atoms with Crippen LogP contribution in [0.2, 0.25) is 0 Å². The Morgan fingerprint density at radius 3 is 2.81 bits per heavy atom. The lowest BCUT2D eigenvalue weighted by Gasteiger charge is -2.26. The van der Waals surface area contributed by atoms with Crippen LogP contribution in [-0.2, 0) is 0 Å². The van der Waals surface area contributed by atoms with Gasteiger partial charge in [0.05, 0.1) is 19.0 Å². The van der Waals surface area contributed by atoms with E-state index in [9.17, 15) is 0 Å². The molecule has 0 aromatic carbocycles. The average Bonchev–Trinajstić information content (AvgIpc) is 2.17. The summed E-state index contributed by atoms with van der Waals surface area (Å²) in [5.41, 5.74) is 5.46. The van der Waals surface area contributed by atoms with Crippen molar-refractivity contribution in [1.29, 1.82) is 0 Å². The van der Waals surface area contributed by atoms with Gasteiger partial charge in [0.25, 0.3) is 0 Å². The van der Waals surface area contributed by atoms with Gasteiger partial charge in [0.2, 0.25) is 5.88 Å². The van der Waals surface area contributed by atoms with Gasteiger partial charge in [-0.1, -0.05) is 0 Å². The Morgan fingerprint density at radius 1 is 1.44 bits per heavy atom. The normalized spacial score (nSPS) is 11.2. The second kappa shape index (κ2) is 5.65. The molecular formula is C11H20N4O. The number of anilines is 1. The molecule has 1 aromatic heterocycles. The van der Waals surface area contributed by atoms with Crippen molar-refractivity contribution < 1.29 is 4.74 Å². The molecule has 0 fully saturated rings. The average molecular weight is 224 g/mol. The molecule has 0 saturated heterocycles. The fourth-order valence-electron chi connectivity index (χ4n) is 1.40. The molecule has 0 unspecified atom stereocenters. The zero-order valence-corrected chi connectivity index (χ0v) is 10.2. The zero-order valence-electron chi connectivity index (χ0n) is 10.2. The quantitative estimate of drug-likeness (QED) is 0.764. The van der Waals surface area contributed by atoms with Crippen LogP contribution in [0.5, 0.6) is 5.88 Å². The fraction of sp³-hybridized carbons (Fsp3) is 0.636. The first-order valence-electron chi connectivity index (χ1n) is 5.50. The SMILES string of the molecule is CCOc1cncc(NC(C)(C)CCN)n1. The van der Waals surface area contributed by atoms with Crippen LogP contribution in [0.25, 0.3) is 0 Å². The molecule has 1 heterocycles. The first-order chi connectivity index (χ1) is 7.57. The van der Waals surface area contributed by atoms with Gasteiger partial charge in [0, 0.05) is 5.54 Å². The van der Waals surface area contributed by atoms with E-state index in [2.05, 4.69) is 29.1 Å². The molecule has 0 radical (unpaired) electrons. The lowest BCUT2D eigenvalue weighted by molar-refractivity contribution is 0.325. The third kappa shape index (κ3) is 4.02. The number of nitrogens with two attached hydrogens (primary N) is 1. The molecule has 5 nitrogen and oxygen atoms in total. The van der Waals surface area contributed by atoms with Crippen LogP contribution in [0.4, 0.5) is 5.82 Å². The lowest BCUT2D eigenvalue weighted by atomic mass is 10.0. The summed E-state index contributed by atoms with van der Waals surface area (Å²) in [4.78, 5) is 8.36. The van der Waals surface area contributed by atoms with Crippen molar-refractivity contribution in [3.8, 4) is 5.88 Å². The van der Waals surface area contributed by atoms with Gasteiger partial charge in [0.1, 0.15) is 5.82 Å². The largest absolute Gasteiger partial charge is 0.477 e. The van der Waals surface area contributed by atoms with E-state index in [1.807, 2.05) is 6.92 Å². The van der Waals surface area contributed by atoms with Gasteiger partial charge in [-0.25, -0.2) is 0 Å². The Balaban J connectivity index is 2.69. The Labute approximate surface area is 96.4 Å². The number of ether oxygens (including phenoxy) is 1. The van der Waals surface area contributed by atoms with E-state index in [0.717, 1.165) is 6.42 Å². The van der Waals surface area contributed by atoms with Crippen molar-refractivity contribution in [2.45, 2.75) is 32.7 Å². The fourth-order valence-corrected chi connectivity index (χ4v) is 1.40. The van der Waals surface area contributed by atoms with E-state index in [0.29, 0.717) is 24.8 Å². The van der Waals surface area contributed by atoms with Crippen LogP contribution in [0, 0.1) is 0 Å². The molecule has 0 aliphatic heterocycles. The maximum Gasteiger partial charge on any atom is 0.234 e. The van der Waals surface area contributed by atoms with Crippen LogP contribution in [0.15, 0.2) is 12.4 Å². The summed E-state index contributed by atoms with van der Waals surface area (Å²) >= 11 is 0. The number of nitrogens with zero attached hydrogens (tertiary/aromatic N) is 2. The standard InChI is InChI=1S/C11H20N4O/c1-4-16-10-8-13-7-9(14-10)15-11(2,3)5-6-12/h7-8H,4-6,12H2,1-3H3,(H,14,15). The Hall–Kier alpha value is -1.36. The Morgan fingerprint density at radius 2 is 2.19 bits per heavy atom. The molecule has 0 spiro atoms. The van der Waals surface area contributed by atoms with Gasteiger partial charge in [-0.15, -0.1) is 0 Å². The summed E-state index contributed by atoms with van der Waals surface area (Å²) in [7, 11) is 0. The molecular weight excluding hydrogens is 204 g/mol. The molecule has 1 aromatic rings. The summed E-state index contributed by atoms with van der Waals surface area (Å²) in [6, 6.07) is 0. The minimum atomic E-state index is -0.0890. The molecule has 1 rings (SSSR count). The van der Waals surface area contributed by atoms with E-state index in [-0.39, 0.29) is 5.54 Å². The Bertz CT molecular complexity index is 328. The zero-order chi connectivity index (χ0) is 12.0. The topological polar surface area (TPSA) is 73.1 Å². The third-order valence-electron chi connectivity index (χ3n) is 2.14. The van der Waals surface area contributed by atoms with Crippen molar-refractivity contribution >= 4 is 5.82 Å². The van der Waals surface area contributed by atoms with Crippen LogP contribution in [-0.4, -0.2) is 28.7 Å². The van der Waals surface area contributed by atoms with Crippen LogP contribution >= 0.6 is 0 Å². The van der Waals surface area contributed by atoms with Gasteiger partial charge >= 0.3 is 0 Å². The monoisotopic (exact) mass is 224 g/mol. The van der Waals surface area contributed by atoms with Gasteiger partial charge in [0.15, 0.2) is 0 Å². The molecule has 0 bridgehead atoms. The molecule has 0 saturated carbocycles. The molecule has 0 atom stereocenters. The van der Waals surface area contributed by atoms with E-state index in [1.54, 1.807) is 12.4 Å². The third-order valence-corrected chi connectivity index (χ3v) is 2.14. The van der Waals surface area contributed by atoms with Crippen molar-refractivity contribution in [2.75, 3.05) is 18.5 Å². The number of rotatable bonds is 6. The second-order valence-electron chi connectivity index (χ2n) is 4.22. The molecule has 0 aliphatic rings. The first kappa shape index (κ1) is 12.7. The maximum absolute atomic E-state index is 5.55. The van der Waals surface area contributed by atoms with Crippen molar-refractivity contribution in [3.05, 3.63) is 12.4 Å². The molecule has 90 valence electrons. The van der Waals surface area contributed by atoms with Gasteiger partial charge in [-0.05, 0) is 33.7 Å². The van der Waals surface area contributed by atoms with Crippen LogP contribution in [0.1, 0.15) is 27.2 Å². The Kier molecular flexibility index (Phi) is 4.49. The van der Waals surface area contributed by atoms with Crippen LogP contribution < -0.4 is 15.8 Å².